The number of thioether (sulfide) groups is 1. The molecule has 0 aromatic carbocycles. The minimum Gasteiger partial charge on any atom is -0.480 e. The van der Waals surface area contributed by atoms with Gasteiger partial charge in [-0.2, -0.15) is 11.8 Å². The number of hydrogen-bond acceptors (Lipinski definition) is 4. The predicted molar refractivity (Wildman–Crippen MR) is 66.0 cm³/mol. The maximum Gasteiger partial charge on any atom is 0.327 e. The Morgan fingerprint density at radius 1 is 1.41 bits per heavy atom. The molecular formula is C11H19NO4S. The van der Waals surface area contributed by atoms with Crippen molar-refractivity contribution in [1.82, 2.24) is 5.32 Å². The zero-order valence-corrected chi connectivity index (χ0v) is 10.8. The first-order chi connectivity index (χ1) is 7.93. The Labute approximate surface area is 105 Å². The van der Waals surface area contributed by atoms with Crippen LogP contribution in [-0.2, 0) is 9.59 Å². The van der Waals surface area contributed by atoms with Crippen LogP contribution in [0.15, 0.2) is 0 Å². The van der Waals surface area contributed by atoms with Crippen molar-refractivity contribution >= 4 is 23.6 Å². The van der Waals surface area contributed by atoms with Gasteiger partial charge in [0.25, 0.3) is 0 Å². The van der Waals surface area contributed by atoms with Gasteiger partial charge in [0.1, 0.15) is 6.04 Å². The molecule has 0 bridgehead atoms. The molecule has 0 spiro atoms. The zero-order chi connectivity index (χ0) is 12.9. The summed E-state index contributed by atoms with van der Waals surface area (Å²) in [4.78, 5) is 21.7. The average molecular weight is 261 g/mol. The van der Waals surface area contributed by atoms with Crippen LogP contribution in [0.4, 0.5) is 0 Å². The monoisotopic (exact) mass is 261 g/mol. The summed E-state index contributed by atoms with van der Waals surface area (Å²) < 4.78 is 0. The first kappa shape index (κ1) is 14.3. The van der Waals surface area contributed by atoms with E-state index in [-0.39, 0.29) is 11.7 Å². The number of nitrogens with one attached hydrogen (secondary N) is 1. The zero-order valence-electron chi connectivity index (χ0n) is 9.94. The highest BCUT2D eigenvalue weighted by Gasteiger charge is 2.31. The van der Waals surface area contributed by atoms with Crippen LogP contribution in [0.5, 0.6) is 0 Å². The van der Waals surface area contributed by atoms with Crippen molar-refractivity contribution in [2.45, 2.75) is 44.2 Å². The molecule has 0 aliphatic heterocycles. The van der Waals surface area contributed by atoms with E-state index in [2.05, 4.69) is 5.32 Å². The molecule has 1 saturated carbocycles. The topological polar surface area (TPSA) is 86.6 Å². The third kappa shape index (κ3) is 4.95. The van der Waals surface area contributed by atoms with Gasteiger partial charge < -0.3 is 15.5 Å². The third-order valence-corrected chi connectivity index (χ3v) is 4.18. The minimum atomic E-state index is -1.04. The van der Waals surface area contributed by atoms with Gasteiger partial charge in [0.05, 0.1) is 5.60 Å². The first-order valence-corrected chi connectivity index (χ1v) is 6.88. The quantitative estimate of drug-likeness (QED) is 0.652. The van der Waals surface area contributed by atoms with Crippen LogP contribution in [0.2, 0.25) is 0 Å². The van der Waals surface area contributed by atoms with E-state index >= 15 is 0 Å². The van der Waals surface area contributed by atoms with Gasteiger partial charge in [-0.15, -0.1) is 0 Å². The number of aliphatic carboxylic acids is 1. The predicted octanol–water partition coefficient (Wildman–Crippen LogP) is 0.614. The summed E-state index contributed by atoms with van der Waals surface area (Å²) in [6.07, 6.45) is 3.64. The fourth-order valence-electron chi connectivity index (χ4n) is 1.96. The minimum absolute atomic E-state index is 0.289. The molecular weight excluding hydrogens is 242 g/mol. The van der Waals surface area contributed by atoms with E-state index in [9.17, 15) is 14.7 Å². The van der Waals surface area contributed by atoms with Crippen molar-refractivity contribution in [3.05, 3.63) is 0 Å². The average Bonchev–Trinajstić information content (AvgIpc) is 2.63. The molecule has 3 N–H and O–H groups in total. The Balaban J connectivity index is 2.31. The lowest BCUT2D eigenvalue weighted by molar-refractivity contribution is -0.140. The summed E-state index contributed by atoms with van der Waals surface area (Å²) in [5.74, 6) is -0.559. The van der Waals surface area contributed by atoms with Crippen LogP contribution >= 0.6 is 11.8 Å². The highest BCUT2D eigenvalue weighted by Crippen LogP contribution is 2.32. The molecule has 0 saturated heterocycles. The lowest BCUT2D eigenvalue weighted by Crippen LogP contribution is -2.42. The molecule has 1 fully saturated rings. The fourth-order valence-corrected chi connectivity index (χ4v) is 3.21. The Bertz CT molecular complexity index is 289. The molecule has 0 aromatic heterocycles. The summed E-state index contributed by atoms with van der Waals surface area (Å²) in [6.45, 7) is 1.30. The SMILES string of the molecule is CC(=O)NC(CSCC1(O)CCCC1)C(=O)O. The van der Waals surface area contributed by atoms with Gasteiger partial charge >= 0.3 is 5.97 Å². The Kier molecular flexibility index (Phi) is 5.27. The summed E-state index contributed by atoms with van der Waals surface area (Å²) >= 11 is 1.38. The number of amides is 1. The van der Waals surface area contributed by atoms with Crippen molar-refractivity contribution in [1.29, 1.82) is 0 Å². The largest absolute Gasteiger partial charge is 0.480 e. The van der Waals surface area contributed by atoms with Gasteiger partial charge in [0, 0.05) is 18.4 Å². The summed E-state index contributed by atoms with van der Waals surface area (Å²) in [5.41, 5.74) is -0.635. The van der Waals surface area contributed by atoms with Gasteiger partial charge in [-0.25, -0.2) is 4.79 Å². The van der Waals surface area contributed by atoms with Crippen LogP contribution in [0, 0.1) is 0 Å². The van der Waals surface area contributed by atoms with Crippen molar-refractivity contribution < 1.29 is 19.8 Å². The van der Waals surface area contributed by atoms with Crippen molar-refractivity contribution in [2.75, 3.05) is 11.5 Å². The normalized spacial score (nSPS) is 19.9. The number of hydrogen-bond donors (Lipinski definition) is 3. The number of carboxylic acids is 1. The molecule has 1 amide bonds. The van der Waals surface area contributed by atoms with Crippen LogP contribution < -0.4 is 5.32 Å². The molecule has 0 heterocycles. The van der Waals surface area contributed by atoms with Crippen molar-refractivity contribution in [3.63, 3.8) is 0 Å². The first-order valence-electron chi connectivity index (χ1n) is 5.73. The molecule has 5 nitrogen and oxygen atoms in total. The number of carbonyl (C=O) groups is 2. The maximum absolute atomic E-state index is 10.9. The van der Waals surface area contributed by atoms with E-state index in [1.807, 2.05) is 0 Å². The Morgan fingerprint density at radius 2 is 2.00 bits per heavy atom. The summed E-state index contributed by atoms with van der Waals surface area (Å²) in [6, 6.07) is -0.873. The number of aliphatic hydroxyl groups is 1. The maximum atomic E-state index is 10.9. The second-order valence-electron chi connectivity index (χ2n) is 4.54. The molecule has 98 valence electrons. The molecule has 6 heteroatoms. The standard InChI is InChI=1S/C11H19NO4S/c1-8(13)12-9(10(14)15)6-17-7-11(16)4-2-3-5-11/h9,16H,2-7H2,1H3,(H,12,13)(H,14,15). The highest BCUT2D eigenvalue weighted by atomic mass is 32.2. The van der Waals surface area contributed by atoms with Gasteiger partial charge in [-0.05, 0) is 12.8 Å². The van der Waals surface area contributed by atoms with E-state index in [0.29, 0.717) is 5.75 Å². The van der Waals surface area contributed by atoms with Crippen LogP contribution in [-0.4, -0.2) is 45.2 Å². The third-order valence-electron chi connectivity index (χ3n) is 2.87. The fraction of sp³-hybridized carbons (Fsp3) is 0.818. The molecule has 1 aliphatic carbocycles. The molecule has 1 rings (SSSR count). The summed E-state index contributed by atoms with van der Waals surface area (Å²) in [5, 5.41) is 21.3. The molecule has 0 radical (unpaired) electrons. The van der Waals surface area contributed by atoms with Crippen molar-refractivity contribution in [3.8, 4) is 0 Å². The molecule has 1 aliphatic rings. The lowest BCUT2D eigenvalue weighted by Gasteiger charge is -2.22. The van der Waals surface area contributed by atoms with E-state index in [1.165, 1.54) is 18.7 Å². The van der Waals surface area contributed by atoms with Gasteiger partial charge in [-0.1, -0.05) is 12.8 Å². The molecule has 0 aromatic rings. The van der Waals surface area contributed by atoms with Crippen LogP contribution in [0.3, 0.4) is 0 Å². The lowest BCUT2D eigenvalue weighted by atomic mass is 10.1. The summed E-state index contributed by atoms with van der Waals surface area (Å²) in [7, 11) is 0. The van der Waals surface area contributed by atoms with Crippen molar-refractivity contribution in [2.24, 2.45) is 0 Å². The van der Waals surface area contributed by atoms with Gasteiger partial charge in [0.2, 0.25) is 5.91 Å². The van der Waals surface area contributed by atoms with Gasteiger partial charge in [0.15, 0.2) is 0 Å². The number of carboxylic acid groups (broad SMARTS) is 1. The number of carbonyl (C=O) groups excluding carboxylic acids is 1. The van der Waals surface area contributed by atoms with Gasteiger partial charge in [-0.3, -0.25) is 4.79 Å². The van der Waals surface area contributed by atoms with Crippen LogP contribution in [0.1, 0.15) is 32.6 Å². The van der Waals surface area contributed by atoms with E-state index < -0.39 is 17.6 Å². The van der Waals surface area contributed by atoms with E-state index in [1.54, 1.807) is 0 Å². The second-order valence-corrected chi connectivity index (χ2v) is 5.57. The molecule has 1 unspecified atom stereocenters. The smallest absolute Gasteiger partial charge is 0.327 e. The van der Waals surface area contributed by atoms with E-state index in [4.69, 9.17) is 5.11 Å². The van der Waals surface area contributed by atoms with E-state index in [0.717, 1.165) is 25.7 Å². The second kappa shape index (κ2) is 6.26. The van der Waals surface area contributed by atoms with Crippen LogP contribution in [0.25, 0.3) is 0 Å². The molecule has 17 heavy (non-hydrogen) atoms. The Hall–Kier alpha value is -0.750. The highest BCUT2D eigenvalue weighted by molar-refractivity contribution is 7.99. The Morgan fingerprint density at radius 3 is 2.47 bits per heavy atom. The molecule has 1 atom stereocenters. The number of rotatable bonds is 6.